The number of carbonyl (C=O) groups excluding carboxylic acids is 1. The van der Waals surface area contributed by atoms with Crippen LogP contribution in [0.15, 0.2) is 70.9 Å². The average molecular weight is 480 g/mol. The molecular formula is C20H15F2N3O3S3. The highest BCUT2D eigenvalue weighted by Crippen LogP contribution is 2.21. The summed E-state index contributed by atoms with van der Waals surface area (Å²) in [6.45, 7) is 0. The predicted octanol–water partition coefficient (Wildman–Crippen LogP) is 4.35. The second-order valence-corrected chi connectivity index (χ2v) is 9.12. The van der Waals surface area contributed by atoms with Crippen LogP contribution in [0.2, 0.25) is 0 Å². The maximum absolute atomic E-state index is 13.7. The molecule has 3 N–H and O–H groups in total. The maximum atomic E-state index is 13.7. The Kier molecular flexibility index (Phi) is 7.10. The monoisotopic (exact) mass is 479 g/mol. The van der Waals surface area contributed by atoms with E-state index in [-0.39, 0.29) is 10.0 Å². The van der Waals surface area contributed by atoms with Crippen molar-refractivity contribution in [3.63, 3.8) is 0 Å². The summed E-state index contributed by atoms with van der Waals surface area (Å²) in [5, 5.41) is 7.14. The van der Waals surface area contributed by atoms with Gasteiger partial charge in [-0.1, -0.05) is 6.07 Å². The molecule has 1 amide bonds. The Morgan fingerprint density at radius 1 is 1.06 bits per heavy atom. The lowest BCUT2D eigenvalue weighted by molar-refractivity contribution is -0.115. The van der Waals surface area contributed by atoms with E-state index < -0.39 is 33.3 Å². The highest BCUT2D eigenvalue weighted by molar-refractivity contribution is 7.92. The number of thiophene rings is 1. The summed E-state index contributed by atoms with van der Waals surface area (Å²) >= 11 is 6.55. The fourth-order valence-corrected chi connectivity index (χ4v) is 4.25. The first-order valence-electron chi connectivity index (χ1n) is 8.64. The molecule has 0 saturated heterocycles. The minimum Gasteiger partial charge on any atom is -0.332 e. The molecule has 6 nitrogen and oxygen atoms in total. The molecule has 0 saturated carbocycles. The number of halogens is 2. The summed E-state index contributed by atoms with van der Waals surface area (Å²) in [4.78, 5) is 12.6. The SMILES string of the molecule is O=C(C=Cc1cccs1)NC(=S)Nc1ccc(S(=O)(=O)Nc2cc(F)ccc2F)cc1. The minimum atomic E-state index is -4.14. The van der Waals surface area contributed by atoms with Gasteiger partial charge in [-0.25, -0.2) is 17.2 Å². The molecule has 0 radical (unpaired) electrons. The lowest BCUT2D eigenvalue weighted by Crippen LogP contribution is -2.32. The van der Waals surface area contributed by atoms with Crippen LogP contribution in [0.5, 0.6) is 0 Å². The van der Waals surface area contributed by atoms with Crippen LogP contribution in [-0.4, -0.2) is 19.4 Å². The summed E-state index contributed by atoms with van der Waals surface area (Å²) in [7, 11) is -4.14. The number of rotatable bonds is 6. The molecule has 0 atom stereocenters. The van der Waals surface area contributed by atoms with Gasteiger partial charge in [0, 0.05) is 22.7 Å². The molecule has 1 heterocycles. The van der Waals surface area contributed by atoms with Gasteiger partial charge in [-0.2, -0.15) is 0 Å². The van der Waals surface area contributed by atoms with Crippen molar-refractivity contribution in [2.45, 2.75) is 4.90 Å². The van der Waals surface area contributed by atoms with Crippen molar-refractivity contribution in [1.82, 2.24) is 5.32 Å². The molecule has 11 heteroatoms. The summed E-state index contributed by atoms with van der Waals surface area (Å²) < 4.78 is 53.8. The molecule has 0 bridgehead atoms. The van der Waals surface area contributed by atoms with Crippen LogP contribution in [0.25, 0.3) is 6.08 Å². The van der Waals surface area contributed by atoms with Crippen LogP contribution in [-0.2, 0) is 14.8 Å². The van der Waals surface area contributed by atoms with Crippen LogP contribution in [0, 0.1) is 11.6 Å². The van der Waals surface area contributed by atoms with Crippen molar-refractivity contribution < 1.29 is 22.0 Å². The van der Waals surface area contributed by atoms with E-state index in [0.29, 0.717) is 5.69 Å². The van der Waals surface area contributed by atoms with Gasteiger partial charge in [-0.3, -0.25) is 14.8 Å². The Balaban J connectivity index is 1.60. The predicted molar refractivity (Wildman–Crippen MR) is 121 cm³/mol. The lowest BCUT2D eigenvalue weighted by Gasteiger charge is -2.11. The average Bonchev–Trinajstić information content (AvgIpc) is 3.23. The van der Waals surface area contributed by atoms with Crippen molar-refractivity contribution in [3.05, 3.63) is 82.6 Å². The number of anilines is 2. The molecule has 0 spiro atoms. The van der Waals surface area contributed by atoms with E-state index in [9.17, 15) is 22.0 Å². The second kappa shape index (κ2) is 9.77. The standard InChI is InChI=1S/C20H15F2N3O3S3/c21-13-3-9-17(22)18(12-13)25-31(27,28)16-7-4-14(5-8-16)23-20(29)24-19(26)10-6-15-2-1-11-30-15/h1-12,25H,(H2,23,24,26,29). The van der Waals surface area contributed by atoms with Gasteiger partial charge < -0.3 is 5.32 Å². The van der Waals surface area contributed by atoms with Gasteiger partial charge >= 0.3 is 0 Å². The molecule has 0 fully saturated rings. The van der Waals surface area contributed by atoms with Gasteiger partial charge in [0.1, 0.15) is 11.6 Å². The summed E-state index contributed by atoms with van der Waals surface area (Å²) in [6, 6.07) is 11.5. The Bertz CT molecular complexity index is 1230. The Hall–Kier alpha value is -3.15. The van der Waals surface area contributed by atoms with E-state index in [0.717, 1.165) is 23.1 Å². The summed E-state index contributed by atoms with van der Waals surface area (Å²) in [5.74, 6) is -2.11. The highest BCUT2D eigenvalue weighted by Gasteiger charge is 2.17. The molecule has 3 aromatic rings. The largest absolute Gasteiger partial charge is 0.332 e. The van der Waals surface area contributed by atoms with Gasteiger partial charge in [0.25, 0.3) is 10.0 Å². The lowest BCUT2D eigenvalue weighted by atomic mass is 10.3. The van der Waals surface area contributed by atoms with Gasteiger partial charge in [-0.05, 0) is 66.1 Å². The van der Waals surface area contributed by atoms with Crippen LogP contribution in [0.4, 0.5) is 20.2 Å². The van der Waals surface area contributed by atoms with Crippen LogP contribution < -0.4 is 15.4 Å². The van der Waals surface area contributed by atoms with Crippen molar-refractivity contribution >= 4 is 62.0 Å². The van der Waals surface area contributed by atoms with Crippen molar-refractivity contribution in [2.24, 2.45) is 0 Å². The minimum absolute atomic E-state index is 0.0244. The number of nitrogens with one attached hydrogen (secondary N) is 3. The zero-order valence-corrected chi connectivity index (χ0v) is 18.1. The van der Waals surface area contributed by atoms with Crippen LogP contribution in [0.3, 0.4) is 0 Å². The zero-order valence-electron chi connectivity index (χ0n) is 15.6. The topological polar surface area (TPSA) is 87.3 Å². The number of sulfonamides is 1. The fraction of sp³-hybridized carbons (Fsp3) is 0. The number of amides is 1. The van der Waals surface area contributed by atoms with E-state index in [4.69, 9.17) is 12.2 Å². The molecule has 0 unspecified atom stereocenters. The first-order chi connectivity index (χ1) is 14.7. The number of carbonyl (C=O) groups is 1. The molecular weight excluding hydrogens is 464 g/mol. The molecule has 0 aliphatic heterocycles. The van der Waals surface area contributed by atoms with E-state index in [1.807, 2.05) is 22.2 Å². The highest BCUT2D eigenvalue weighted by atomic mass is 32.2. The summed E-state index contributed by atoms with van der Waals surface area (Å²) in [6.07, 6.45) is 2.99. The number of thiocarbonyl (C=S) groups is 1. The third-order valence-corrected chi connectivity index (χ3v) is 6.20. The fourth-order valence-electron chi connectivity index (χ4n) is 2.36. The molecule has 2 aromatic carbocycles. The second-order valence-electron chi connectivity index (χ2n) is 6.05. The first kappa shape index (κ1) is 22.5. The Morgan fingerprint density at radius 2 is 1.81 bits per heavy atom. The Morgan fingerprint density at radius 3 is 2.48 bits per heavy atom. The summed E-state index contributed by atoms with van der Waals surface area (Å²) in [5.41, 5.74) is -0.0786. The number of hydrogen-bond acceptors (Lipinski definition) is 5. The quantitative estimate of drug-likeness (QED) is 0.361. The van der Waals surface area contributed by atoms with Crippen molar-refractivity contribution in [3.8, 4) is 0 Å². The van der Waals surface area contributed by atoms with Crippen molar-refractivity contribution in [1.29, 1.82) is 0 Å². The van der Waals surface area contributed by atoms with E-state index in [1.54, 1.807) is 6.08 Å². The molecule has 0 aliphatic rings. The van der Waals surface area contributed by atoms with Gasteiger partial charge in [0.05, 0.1) is 10.6 Å². The van der Waals surface area contributed by atoms with Gasteiger partial charge in [0.15, 0.2) is 5.11 Å². The Labute approximate surface area is 186 Å². The molecule has 1 aromatic heterocycles. The molecule has 0 aliphatic carbocycles. The number of hydrogen-bond donors (Lipinski definition) is 3. The van der Waals surface area contributed by atoms with Gasteiger partial charge in [0.2, 0.25) is 5.91 Å². The van der Waals surface area contributed by atoms with E-state index in [2.05, 4.69) is 10.6 Å². The van der Waals surface area contributed by atoms with E-state index in [1.165, 1.54) is 41.7 Å². The molecule has 31 heavy (non-hydrogen) atoms. The first-order valence-corrected chi connectivity index (χ1v) is 11.4. The molecule has 160 valence electrons. The molecule has 3 rings (SSSR count). The van der Waals surface area contributed by atoms with Crippen molar-refractivity contribution in [2.75, 3.05) is 10.0 Å². The normalized spacial score (nSPS) is 11.3. The third-order valence-electron chi connectivity index (χ3n) is 3.77. The smallest absolute Gasteiger partial charge is 0.261 e. The maximum Gasteiger partial charge on any atom is 0.261 e. The van der Waals surface area contributed by atoms with Crippen LogP contribution in [0.1, 0.15) is 4.88 Å². The van der Waals surface area contributed by atoms with E-state index >= 15 is 0 Å². The number of benzene rings is 2. The van der Waals surface area contributed by atoms with Gasteiger partial charge in [-0.15, -0.1) is 11.3 Å². The zero-order chi connectivity index (χ0) is 22.4. The van der Waals surface area contributed by atoms with Crippen LogP contribution >= 0.6 is 23.6 Å². The third kappa shape index (κ3) is 6.41.